The minimum atomic E-state index is -3.66. The molecule has 0 aromatic heterocycles. The van der Waals surface area contributed by atoms with E-state index >= 15 is 0 Å². The van der Waals surface area contributed by atoms with Crippen molar-refractivity contribution in [1.29, 1.82) is 0 Å². The molecule has 1 saturated carbocycles. The molecule has 1 aromatic rings. The first kappa shape index (κ1) is 20.1. The Labute approximate surface area is 154 Å². The third-order valence-corrected chi connectivity index (χ3v) is 7.42. The average molecular weight is 387 g/mol. The summed E-state index contributed by atoms with van der Waals surface area (Å²) in [6.45, 7) is 0. The van der Waals surface area contributed by atoms with Crippen molar-refractivity contribution in [3.8, 4) is 5.75 Å². The van der Waals surface area contributed by atoms with Crippen LogP contribution in [0.25, 0.3) is 0 Å². The number of rotatable bonds is 7. The molecule has 0 spiro atoms. The van der Waals surface area contributed by atoms with E-state index in [9.17, 15) is 13.2 Å². The molecule has 1 aromatic carbocycles. The molecule has 0 aliphatic heterocycles. The van der Waals surface area contributed by atoms with Crippen LogP contribution in [0.15, 0.2) is 23.1 Å². The molecular weight excluding hydrogens is 360 g/mol. The summed E-state index contributed by atoms with van der Waals surface area (Å²) in [4.78, 5) is 12.2. The van der Waals surface area contributed by atoms with Crippen LogP contribution < -0.4 is 10.1 Å². The predicted molar refractivity (Wildman–Crippen MR) is 102 cm³/mol. The van der Waals surface area contributed by atoms with E-state index in [1.54, 1.807) is 23.9 Å². The maximum absolute atomic E-state index is 12.4. The molecule has 1 fully saturated rings. The van der Waals surface area contributed by atoms with Gasteiger partial charge in [-0.15, -0.1) is 11.8 Å². The predicted octanol–water partition coefficient (Wildman–Crippen LogP) is 2.95. The van der Waals surface area contributed by atoms with Crippen molar-refractivity contribution in [2.45, 2.75) is 42.2 Å². The van der Waals surface area contributed by atoms with Crippen LogP contribution in [0.3, 0.4) is 0 Å². The summed E-state index contributed by atoms with van der Waals surface area (Å²) in [5.41, 5.74) is 0.454. The van der Waals surface area contributed by atoms with Crippen LogP contribution >= 0.6 is 11.8 Å². The van der Waals surface area contributed by atoms with Gasteiger partial charge in [0.15, 0.2) is 0 Å². The van der Waals surface area contributed by atoms with Crippen LogP contribution in [-0.2, 0) is 14.8 Å². The molecule has 0 atom stereocenters. The molecule has 0 heterocycles. The third-order valence-electron chi connectivity index (χ3n) is 4.21. The molecule has 0 saturated heterocycles. The van der Waals surface area contributed by atoms with Crippen LogP contribution in [0.4, 0.5) is 5.69 Å². The fourth-order valence-corrected chi connectivity index (χ4v) is 4.98. The van der Waals surface area contributed by atoms with Crippen LogP contribution in [0.5, 0.6) is 5.75 Å². The lowest BCUT2D eigenvalue weighted by Gasteiger charge is -2.20. The minimum absolute atomic E-state index is 0.0396. The van der Waals surface area contributed by atoms with Gasteiger partial charge in [0.25, 0.3) is 0 Å². The van der Waals surface area contributed by atoms with Crippen molar-refractivity contribution >= 4 is 33.4 Å². The Hall–Kier alpha value is -1.25. The van der Waals surface area contributed by atoms with Gasteiger partial charge >= 0.3 is 0 Å². The minimum Gasteiger partial charge on any atom is -0.495 e. The lowest BCUT2D eigenvalue weighted by Crippen LogP contribution is -2.23. The molecule has 0 radical (unpaired) electrons. The van der Waals surface area contributed by atoms with E-state index in [0.717, 1.165) is 4.31 Å². The van der Waals surface area contributed by atoms with E-state index in [2.05, 4.69) is 5.32 Å². The number of nitrogens with one attached hydrogen (secondary N) is 1. The fraction of sp³-hybridized carbons (Fsp3) is 0.588. The molecule has 0 unspecified atom stereocenters. The number of amides is 1. The van der Waals surface area contributed by atoms with Gasteiger partial charge in [-0.1, -0.05) is 19.3 Å². The normalized spacial score (nSPS) is 16.0. The van der Waals surface area contributed by atoms with Crippen LogP contribution in [0.1, 0.15) is 32.1 Å². The molecule has 25 heavy (non-hydrogen) atoms. The number of benzene rings is 1. The van der Waals surface area contributed by atoms with Crippen LogP contribution in [-0.4, -0.2) is 50.8 Å². The Morgan fingerprint density at radius 1 is 1.28 bits per heavy atom. The smallest absolute Gasteiger partial charge is 0.246 e. The molecule has 2 rings (SSSR count). The van der Waals surface area contributed by atoms with E-state index in [0.29, 0.717) is 16.7 Å². The number of carbonyl (C=O) groups is 1. The van der Waals surface area contributed by atoms with E-state index in [1.807, 2.05) is 0 Å². The number of anilines is 1. The standard InChI is InChI=1S/C17H26N2O4S2/c1-19(2)25(21,22)16-11-13(9-10-15(16)23-3)18-17(20)12-24-14-7-5-4-6-8-14/h9-11,14H,4-8,12H2,1-3H3,(H,18,20). The van der Waals surface area contributed by atoms with Crippen molar-refractivity contribution in [1.82, 2.24) is 4.31 Å². The zero-order valence-corrected chi connectivity index (χ0v) is 16.6. The highest BCUT2D eigenvalue weighted by Gasteiger charge is 2.23. The second-order valence-corrected chi connectivity index (χ2v) is 9.68. The Morgan fingerprint density at radius 3 is 2.56 bits per heavy atom. The summed E-state index contributed by atoms with van der Waals surface area (Å²) in [6.07, 6.45) is 6.11. The van der Waals surface area contributed by atoms with Crippen molar-refractivity contribution < 1.29 is 17.9 Å². The summed E-state index contributed by atoms with van der Waals surface area (Å²) in [5.74, 6) is 0.518. The molecule has 6 nitrogen and oxygen atoms in total. The maximum atomic E-state index is 12.4. The topological polar surface area (TPSA) is 75.7 Å². The van der Waals surface area contributed by atoms with Crippen molar-refractivity contribution in [2.24, 2.45) is 0 Å². The Balaban J connectivity index is 2.05. The number of thioether (sulfide) groups is 1. The van der Waals surface area contributed by atoms with E-state index in [-0.39, 0.29) is 16.6 Å². The first-order chi connectivity index (χ1) is 11.8. The molecule has 0 bridgehead atoms. The second kappa shape index (κ2) is 8.91. The summed E-state index contributed by atoms with van der Waals surface area (Å²) in [6, 6.07) is 4.65. The van der Waals surface area contributed by atoms with Crippen molar-refractivity contribution in [3.63, 3.8) is 0 Å². The zero-order valence-electron chi connectivity index (χ0n) is 14.9. The summed E-state index contributed by atoms with van der Waals surface area (Å²) < 4.78 is 31.1. The number of hydrogen-bond acceptors (Lipinski definition) is 5. The van der Waals surface area contributed by atoms with Gasteiger partial charge in [-0.05, 0) is 31.0 Å². The highest BCUT2D eigenvalue weighted by Crippen LogP contribution is 2.30. The van der Waals surface area contributed by atoms with Gasteiger partial charge in [0.1, 0.15) is 10.6 Å². The number of nitrogens with zero attached hydrogens (tertiary/aromatic N) is 1. The summed E-state index contributed by atoms with van der Waals surface area (Å²) in [7, 11) is 0.683. The largest absolute Gasteiger partial charge is 0.495 e. The quantitative estimate of drug-likeness (QED) is 0.780. The average Bonchev–Trinajstić information content (AvgIpc) is 2.60. The zero-order chi connectivity index (χ0) is 18.4. The summed E-state index contributed by atoms with van der Waals surface area (Å²) in [5, 5.41) is 3.34. The molecule has 1 amide bonds. The molecular formula is C17H26N2O4S2. The SMILES string of the molecule is COc1ccc(NC(=O)CSC2CCCCC2)cc1S(=O)(=O)N(C)C. The molecule has 1 aliphatic rings. The van der Waals surface area contributed by atoms with Gasteiger partial charge in [0.2, 0.25) is 15.9 Å². The van der Waals surface area contributed by atoms with Gasteiger partial charge in [0.05, 0.1) is 12.9 Å². The van der Waals surface area contributed by atoms with Gasteiger partial charge in [-0.3, -0.25) is 4.79 Å². The maximum Gasteiger partial charge on any atom is 0.246 e. The number of carbonyl (C=O) groups excluding carboxylic acids is 1. The number of hydrogen-bond donors (Lipinski definition) is 1. The van der Waals surface area contributed by atoms with Crippen LogP contribution in [0.2, 0.25) is 0 Å². The molecule has 1 aliphatic carbocycles. The summed E-state index contributed by atoms with van der Waals surface area (Å²) >= 11 is 1.68. The number of ether oxygens (including phenoxy) is 1. The van der Waals surface area contributed by atoms with E-state index in [1.165, 1.54) is 59.4 Å². The molecule has 1 N–H and O–H groups in total. The second-order valence-electron chi connectivity index (χ2n) is 6.27. The number of methoxy groups -OCH3 is 1. The van der Waals surface area contributed by atoms with Crippen LogP contribution in [0, 0.1) is 0 Å². The monoisotopic (exact) mass is 386 g/mol. The van der Waals surface area contributed by atoms with Gasteiger partial charge in [-0.2, -0.15) is 0 Å². The third kappa shape index (κ3) is 5.36. The van der Waals surface area contributed by atoms with Gasteiger partial charge < -0.3 is 10.1 Å². The lowest BCUT2D eigenvalue weighted by molar-refractivity contribution is -0.113. The Bertz CT molecular complexity index is 699. The highest BCUT2D eigenvalue weighted by molar-refractivity contribution is 8.00. The van der Waals surface area contributed by atoms with Gasteiger partial charge in [0, 0.05) is 25.0 Å². The highest BCUT2D eigenvalue weighted by atomic mass is 32.2. The Kier molecular flexibility index (Phi) is 7.15. The Morgan fingerprint density at radius 2 is 1.96 bits per heavy atom. The van der Waals surface area contributed by atoms with E-state index < -0.39 is 10.0 Å². The molecule has 140 valence electrons. The van der Waals surface area contributed by atoms with Crippen molar-refractivity contribution in [3.05, 3.63) is 18.2 Å². The fourth-order valence-electron chi connectivity index (χ4n) is 2.78. The lowest BCUT2D eigenvalue weighted by atomic mass is 10.0. The number of sulfonamides is 1. The van der Waals surface area contributed by atoms with E-state index in [4.69, 9.17) is 4.74 Å². The molecule has 8 heteroatoms. The van der Waals surface area contributed by atoms with Crippen molar-refractivity contribution in [2.75, 3.05) is 32.3 Å². The first-order valence-corrected chi connectivity index (χ1v) is 10.9. The first-order valence-electron chi connectivity index (χ1n) is 8.36. The van der Waals surface area contributed by atoms with Gasteiger partial charge in [-0.25, -0.2) is 12.7 Å².